The molecule has 0 N–H and O–H groups in total. The van der Waals surface area contributed by atoms with Crippen molar-refractivity contribution in [3.8, 4) is 11.4 Å². The van der Waals surface area contributed by atoms with Crippen molar-refractivity contribution >= 4 is 11.7 Å². The highest BCUT2D eigenvalue weighted by atomic mass is 16.2. The predicted octanol–water partition coefficient (Wildman–Crippen LogP) is 2.57. The van der Waals surface area contributed by atoms with Gasteiger partial charge < -0.3 is 4.90 Å². The molecule has 0 radical (unpaired) electrons. The van der Waals surface area contributed by atoms with E-state index < -0.39 is 0 Å². The van der Waals surface area contributed by atoms with Crippen molar-refractivity contribution in [1.29, 1.82) is 0 Å². The van der Waals surface area contributed by atoms with Gasteiger partial charge in [0.1, 0.15) is 0 Å². The third kappa shape index (κ3) is 2.88. The average Bonchev–Trinajstić information content (AvgIpc) is 3.29. The van der Waals surface area contributed by atoms with Gasteiger partial charge in [-0.15, -0.1) is 5.10 Å². The van der Waals surface area contributed by atoms with Gasteiger partial charge in [-0.3, -0.25) is 4.79 Å². The summed E-state index contributed by atoms with van der Waals surface area (Å²) in [5, 5.41) is 4.61. The molecule has 1 aliphatic heterocycles. The van der Waals surface area contributed by atoms with Crippen LogP contribution in [0.5, 0.6) is 0 Å². The average molecular weight is 335 g/mol. The molecule has 0 saturated carbocycles. The zero-order valence-electron chi connectivity index (χ0n) is 14.6. The van der Waals surface area contributed by atoms with E-state index in [1.807, 2.05) is 49.1 Å². The molecule has 0 spiro atoms. The lowest BCUT2D eigenvalue weighted by Gasteiger charge is -2.17. The predicted molar refractivity (Wildman–Crippen MR) is 95.2 cm³/mol. The highest BCUT2D eigenvalue weighted by molar-refractivity contribution is 5.79. The molecule has 1 aliphatic rings. The van der Waals surface area contributed by atoms with Crippen LogP contribution in [0.25, 0.3) is 17.2 Å². The van der Waals surface area contributed by atoms with E-state index in [2.05, 4.69) is 15.1 Å². The molecular weight excluding hydrogens is 314 g/mol. The second-order valence-electron chi connectivity index (χ2n) is 6.54. The highest BCUT2D eigenvalue weighted by Gasteiger charge is 2.21. The molecule has 3 aromatic rings. The second kappa shape index (κ2) is 6.27. The first-order valence-electron chi connectivity index (χ1n) is 8.69. The molecule has 0 aliphatic carbocycles. The summed E-state index contributed by atoms with van der Waals surface area (Å²) >= 11 is 0. The second-order valence-corrected chi connectivity index (χ2v) is 6.54. The topological polar surface area (TPSA) is 63.4 Å². The fourth-order valence-corrected chi connectivity index (χ4v) is 3.40. The van der Waals surface area contributed by atoms with Crippen LogP contribution in [0.15, 0.2) is 30.3 Å². The molecule has 1 amide bonds. The van der Waals surface area contributed by atoms with Gasteiger partial charge in [-0.2, -0.15) is 4.98 Å². The SMILES string of the molecule is Cc1nc2nc(-c3ccccc3)nn2c(C)c1CC(=O)N1CCCC1. The standard InChI is InChI=1S/C19H21N5O/c1-13-16(12-17(25)23-10-6-7-11-23)14(2)24-19(20-13)21-18(22-24)15-8-4-3-5-9-15/h3-5,8-9H,6-7,10-12H2,1-2H3. The summed E-state index contributed by atoms with van der Waals surface area (Å²) in [4.78, 5) is 23.6. The van der Waals surface area contributed by atoms with Crippen molar-refractivity contribution in [2.75, 3.05) is 13.1 Å². The lowest BCUT2D eigenvalue weighted by Crippen LogP contribution is -2.29. The monoisotopic (exact) mass is 335 g/mol. The van der Waals surface area contributed by atoms with E-state index in [0.717, 1.165) is 48.4 Å². The summed E-state index contributed by atoms with van der Waals surface area (Å²) < 4.78 is 1.75. The lowest BCUT2D eigenvalue weighted by molar-refractivity contribution is -0.129. The number of benzene rings is 1. The van der Waals surface area contributed by atoms with E-state index in [-0.39, 0.29) is 5.91 Å². The van der Waals surface area contributed by atoms with Crippen LogP contribution >= 0.6 is 0 Å². The molecule has 0 unspecified atom stereocenters. The van der Waals surface area contributed by atoms with Crippen molar-refractivity contribution in [2.24, 2.45) is 0 Å². The fourth-order valence-electron chi connectivity index (χ4n) is 3.40. The van der Waals surface area contributed by atoms with Crippen molar-refractivity contribution in [2.45, 2.75) is 33.1 Å². The van der Waals surface area contributed by atoms with Crippen LogP contribution in [0.3, 0.4) is 0 Å². The Morgan fingerprint density at radius 2 is 1.80 bits per heavy atom. The molecule has 1 aromatic carbocycles. The van der Waals surface area contributed by atoms with E-state index in [9.17, 15) is 4.79 Å². The van der Waals surface area contributed by atoms with Crippen molar-refractivity contribution in [1.82, 2.24) is 24.5 Å². The molecule has 1 fully saturated rings. The number of carbonyl (C=O) groups is 1. The van der Waals surface area contributed by atoms with Crippen molar-refractivity contribution < 1.29 is 4.79 Å². The maximum absolute atomic E-state index is 12.5. The molecule has 3 heterocycles. The molecule has 6 nitrogen and oxygen atoms in total. The largest absolute Gasteiger partial charge is 0.342 e. The smallest absolute Gasteiger partial charge is 0.253 e. The van der Waals surface area contributed by atoms with E-state index in [4.69, 9.17) is 0 Å². The minimum Gasteiger partial charge on any atom is -0.342 e. The number of amides is 1. The minimum absolute atomic E-state index is 0.174. The Morgan fingerprint density at radius 1 is 1.08 bits per heavy atom. The highest BCUT2D eigenvalue weighted by Crippen LogP contribution is 2.20. The van der Waals surface area contributed by atoms with Gasteiger partial charge >= 0.3 is 0 Å². The van der Waals surface area contributed by atoms with Gasteiger partial charge in [0.2, 0.25) is 5.91 Å². The number of hydrogen-bond acceptors (Lipinski definition) is 4. The minimum atomic E-state index is 0.174. The Morgan fingerprint density at radius 3 is 2.52 bits per heavy atom. The molecule has 6 heteroatoms. The summed E-state index contributed by atoms with van der Waals surface area (Å²) in [7, 11) is 0. The first-order chi connectivity index (χ1) is 12.1. The van der Waals surface area contributed by atoms with Gasteiger partial charge in [0, 0.05) is 35.6 Å². The van der Waals surface area contributed by atoms with Crippen LogP contribution in [0.4, 0.5) is 0 Å². The van der Waals surface area contributed by atoms with Crippen LogP contribution < -0.4 is 0 Å². The summed E-state index contributed by atoms with van der Waals surface area (Å²) in [6, 6.07) is 9.86. The van der Waals surface area contributed by atoms with E-state index in [1.54, 1.807) is 4.52 Å². The first-order valence-corrected chi connectivity index (χ1v) is 8.69. The fraction of sp³-hybridized carbons (Fsp3) is 0.368. The first kappa shape index (κ1) is 15.7. The van der Waals surface area contributed by atoms with Gasteiger partial charge in [-0.05, 0) is 26.7 Å². The Balaban J connectivity index is 1.72. The third-order valence-electron chi connectivity index (χ3n) is 4.87. The molecule has 0 bridgehead atoms. The van der Waals surface area contributed by atoms with Crippen LogP contribution in [-0.4, -0.2) is 43.5 Å². The number of nitrogens with zero attached hydrogens (tertiary/aromatic N) is 5. The molecular formula is C19H21N5O. The molecule has 4 rings (SSSR count). The Bertz CT molecular complexity index is 926. The van der Waals surface area contributed by atoms with Crippen LogP contribution in [0.2, 0.25) is 0 Å². The summed E-state index contributed by atoms with van der Waals surface area (Å²) in [6.45, 7) is 5.66. The maximum atomic E-state index is 12.5. The number of fused-ring (bicyclic) bond motifs is 1. The quantitative estimate of drug-likeness (QED) is 0.738. The molecule has 2 aromatic heterocycles. The molecule has 25 heavy (non-hydrogen) atoms. The van der Waals surface area contributed by atoms with Crippen LogP contribution in [0, 0.1) is 13.8 Å². The van der Waals surface area contributed by atoms with Gasteiger partial charge in [0.05, 0.1) is 6.42 Å². The number of hydrogen-bond donors (Lipinski definition) is 0. The number of likely N-dealkylation sites (tertiary alicyclic amines) is 1. The summed E-state index contributed by atoms with van der Waals surface area (Å²) in [5.74, 6) is 1.40. The summed E-state index contributed by atoms with van der Waals surface area (Å²) in [6.07, 6.45) is 2.58. The zero-order chi connectivity index (χ0) is 17.4. The van der Waals surface area contributed by atoms with Gasteiger partial charge in [0.25, 0.3) is 5.78 Å². The molecule has 1 saturated heterocycles. The maximum Gasteiger partial charge on any atom is 0.253 e. The Labute approximate surface area is 146 Å². The number of aromatic nitrogens is 4. The Hall–Kier alpha value is -2.76. The number of rotatable bonds is 3. The van der Waals surface area contributed by atoms with Crippen LogP contribution in [0.1, 0.15) is 29.8 Å². The van der Waals surface area contributed by atoms with E-state index >= 15 is 0 Å². The molecule has 0 atom stereocenters. The van der Waals surface area contributed by atoms with Gasteiger partial charge in [0.15, 0.2) is 5.82 Å². The van der Waals surface area contributed by atoms with Gasteiger partial charge in [-0.25, -0.2) is 9.50 Å². The number of aryl methyl sites for hydroxylation is 2. The van der Waals surface area contributed by atoms with E-state index in [0.29, 0.717) is 18.0 Å². The normalized spacial score (nSPS) is 14.4. The van der Waals surface area contributed by atoms with Crippen molar-refractivity contribution in [3.63, 3.8) is 0 Å². The number of carbonyl (C=O) groups excluding carboxylic acids is 1. The van der Waals surface area contributed by atoms with Crippen LogP contribution in [-0.2, 0) is 11.2 Å². The van der Waals surface area contributed by atoms with E-state index in [1.165, 1.54) is 0 Å². The molecule has 128 valence electrons. The lowest BCUT2D eigenvalue weighted by atomic mass is 10.1. The zero-order valence-corrected chi connectivity index (χ0v) is 14.6. The van der Waals surface area contributed by atoms with Gasteiger partial charge in [-0.1, -0.05) is 30.3 Å². The van der Waals surface area contributed by atoms with Crippen molar-refractivity contribution in [3.05, 3.63) is 47.3 Å². The summed E-state index contributed by atoms with van der Waals surface area (Å²) in [5.41, 5.74) is 3.70. The third-order valence-corrected chi connectivity index (χ3v) is 4.87. The Kier molecular flexibility index (Phi) is 3.95.